The number of aliphatic hydroxyl groups excluding tert-OH is 1. The molecule has 3 heteroatoms. The van der Waals surface area contributed by atoms with Gasteiger partial charge in [0, 0.05) is 24.7 Å². The number of carbonyl (C=O) groups is 1. The van der Waals surface area contributed by atoms with E-state index in [1.54, 1.807) is 11.9 Å². The molecule has 0 heterocycles. The molecule has 2 rings (SSSR count). The average molecular weight is 279 g/mol. The predicted molar refractivity (Wildman–Crippen MR) is 82.6 cm³/mol. The van der Waals surface area contributed by atoms with Crippen molar-refractivity contribution in [2.45, 2.75) is 6.54 Å². The zero-order valence-corrected chi connectivity index (χ0v) is 11.9. The largest absolute Gasteiger partial charge is 0.384 e. The molecule has 0 atom stereocenters. The Morgan fingerprint density at radius 1 is 1.10 bits per heavy atom. The number of benzene rings is 2. The van der Waals surface area contributed by atoms with Gasteiger partial charge in [0.2, 0.25) is 0 Å². The second kappa shape index (κ2) is 7.28. The predicted octanol–water partition coefficient (Wildman–Crippen LogP) is 2.30. The lowest BCUT2D eigenvalue weighted by Gasteiger charge is -2.17. The highest BCUT2D eigenvalue weighted by Gasteiger charge is 2.11. The molecule has 0 radical (unpaired) electrons. The maximum Gasteiger partial charge on any atom is 0.253 e. The Labute approximate surface area is 124 Å². The van der Waals surface area contributed by atoms with Gasteiger partial charge < -0.3 is 10.0 Å². The molecule has 1 N–H and O–H groups in total. The maximum absolute atomic E-state index is 12.2. The van der Waals surface area contributed by atoms with Crippen molar-refractivity contribution >= 4 is 5.91 Å². The summed E-state index contributed by atoms with van der Waals surface area (Å²) < 4.78 is 0. The first-order chi connectivity index (χ1) is 10.2. The van der Waals surface area contributed by atoms with Crippen molar-refractivity contribution in [1.82, 2.24) is 4.90 Å². The molecule has 0 saturated heterocycles. The van der Waals surface area contributed by atoms with E-state index in [1.165, 1.54) is 0 Å². The van der Waals surface area contributed by atoms with Gasteiger partial charge in [-0.1, -0.05) is 42.2 Å². The van der Waals surface area contributed by atoms with Crippen LogP contribution < -0.4 is 0 Å². The lowest BCUT2D eigenvalue weighted by molar-refractivity contribution is 0.0785. The van der Waals surface area contributed by atoms with Gasteiger partial charge in [0.25, 0.3) is 5.91 Å². The van der Waals surface area contributed by atoms with Gasteiger partial charge in [-0.15, -0.1) is 0 Å². The van der Waals surface area contributed by atoms with Gasteiger partial charge in [0.15, 0.2) is 0 Å². The van der Waals surface area contributed by atoms with Crippen LogP contribution in [-0.4, -0.2) is 29.6 Å². The Bertz CT molecular complexity index is 651. The zero-order chi connectivity index (χ0) is 15.1. The van der Waals surface area contributed by atoms with Crippen molar-refractivity contribution in [1.29, 1.82) is 0 Å². The summed E-state index contributed by atoms with van der Waals surface area (Å²) in [6, 6.07) is 16.9. The highest BCUT2D eigenvalue weighted by atomic mass is 16.2. The molecule has 0 aromatic heterocycles. The molecule has 0 saturated carbocycles. The Balaban J connectivity index is 2.02. The summed E-state index contributed by atoms with van der Waals surface area (Å²) in [5, 5.41) is 8.65. The number of nitrogens with zero attached hydrogens (tertiary/aromatic N) is 1. The molecule has 1 amide bonds. The zero-order valence-electron chi connectivity index (χ0n) is 11.9. The van der Waals surface area contributed by atoms with E-state index in [0.717, 1.165) is 11.1 Å². The Hall–Kier alpha value is -2.57. The number of aliphatic hydroxyl groups is 1. The molecule has 0 aliphatic heterocycles. The van der Waals surface area contributed by atoms with Crippen LogP contribution in [0, 0.1) is 11.8 Å². The smallest absolute Gasteiger partial charge is 0.253 e. The third kappa shape index (κ3) is 4.20. The van der Waals surface area contributed by atoms with E-state index in [-0.39, 0.29) is 12.5 Å². The van der Waals surface area contributed by atoms with Crippen LogP contribution in [0.15, 0.2) is 54.6 Å². The fourth-order valence-corrected chi connectivity index (χ4v) is 1.98. The van der Waals surface area contributed by atoms with E-state index in [9.17, 15) is 4.79 Å². The first kappa shape index (κ1) is 14.8. The van der Waals surface area contributed by atoms with Crippen molar-refractivity contribution < 1.29 is 9.90 Å². The van der Waals surface area contributed by atoms with Crippen LogP contribution in [0.1, 0.15) is 21.5 Å². The standard InChI is InChI=1S/C18H17NO2/c1-19(18(21)17-7-3-2-4-8-17)14-16-11-9-15(10-12-16)6-5-13-20/h2-4,7-12,20H,13-14H2,1H3. The normalized spacial score (nSPS) is 9.62. The molecular formula is C18H17NO2. The summed E-state index contributed by atoms with van der Waals surface area (Å²) in [5.74, 6) is 5.45. The third-order valence-corrected chi connectivity index (χ3v) is 3.05. The molecule has 0 fully saturated rings. The van der Waals surface area contributed by atoms with Crippen LogP contribution >= 0.6 is 0 Å². The first-order valence-corrected chi connectivity index (χ1v) is 6.70. The van der Waals surface area contributed by atoms with E-state index in [1.807, 2.05) is 54.6 Å². The first-order valence-electron chi connectivity index (χ1n) is 6.70. The lowest BCUT2D eigenvalue weighted by Crippen LogP contribution is -2.26. The van der Waals surface area contributed by atoms with Crippen molar-refractivity contribution in [3.8, 4) is 11.8 Å². The summed E-state index contributed by atoms with van der Waals surface area (Å²) >= 11 is 0. The quantitative estimate of drug-likeness (QED) is 0.876. The topological polar surface area (TPSA) is 40.5 Å². The monoisotopic (exact) mass is 279 g/mol. The minimum absolute atomic E-state index is 0.000233. The molecule has 0 spiro atoms. The van der Waals surface area contributed by atoms with Gasteiger partial charge in [0.05, 0.1) is 0 Å². The second-order valence-electron chi connectivity index (χ2n) is 4.68. The fraction of sp³-hybridized carbons (Fsp3) is 0.167. The Kier molecular flexibility index (Phi) is 5.14. The van der Waals surface area contributed by atoms with E-state index >= 15 is 0 Å². The summed E-state index contributed by atoms with van der Waals surface area (Å²) in [6.45, 7) is 0.400. The number of amides is 1. The van der Waals surface area contributed by atoms with Crippen LogP contribution in [0.5, 0.6) is 0 Å². The molecule has 106 valence electrons. The van der Waals surface area contributed by atoms with E-state index in [0.29, 0.717) is 12.1 Å². The van der Waals surface area contributed by atoms with Crippen molar-refractivity contribution in [2.75, 3.05) is 13.7 Å². The minimum atomic E-state index is -0.143. The van der Waals surface area contributed by atoms with Gasteiger partial charge in [0.1, 0.15) is 6.61 Å². The SMILES string of the molecule is CN(Cc1ccc(C#CCO)cc1)C(=O)c1ccccc1. The van der Waals surface area contributed by atoms with Crippen LogP contribution in [0.4, 0.5) is 0 Å². The number of hydrogen-bond donors (Lipinski definition) is 1. The van der Waals surface area contributed by atoms with E-state index in [2.05, 4.69) is 11.8 Å². The molecule has 0 aliphatic rings. The lowest BCUT2D eigenvalue weighted by atomic mass is 10.1. The Morgan fingerprint density at radius 2 is 1.76 bits per heavy atom. The summed E-state index contributed by atoms with van der Waals surface area (Å²) in [7, 11) is 1.79. The molecule has 0 aliphatic carbocycles. The molecule has 0 bridgehead atoms. The van der Waals surface area contributed by atoms with Gasteiger partial charge in [-0.25, -0.2) is 0 Å². The van der Waals surface area contributed by atoms with Gasteiger partial charge in [-0.2, -0.15) is 0 Å². The number of hydrogen-bond acceptors (Lipinski definition) is 2. The van der Waals surface area contributed by atoms with Crippen LogP contribution in [-0.2, 0) is 6.54 Å². The molecule has 0 unspecified atom stereocenters. The van der Waals surface area contributed by atoms with Gasteiger partial charge in [-0.3, -0.25) is 4.79 Å². The summed E-state index contributed by atoms with van der Waals surface area (Å²) in [5.41, 5.74) is 2.58. The number of rotatable bonds is 3. The van der Waals surface area contributed by atoms with Crippen LogP contribution in [0.2, 0.25) is 0 Å². The summed E-state index contributed by atoms with van der Waals surface area (Å²) in [6.07, 6.45) is 0. The molecule has 21 heavy (non-hydrogen) atoms. The van der Waals surface area contributed by atoms with Gasteiger partial charge >= 0.3 is 0 Å². The number of carbonyl (C=O) groups excluding carboxylic acids is 1. The third-order valence-electron chi connectivity index (χ3n) is 3.05. The van der Waals surface area contributed by atoms with Crippen molar-refractivity contribution in [3.05, 3.63) is 71.3 Å². The highest BCUT2D eigenvalue weighted by Crippen LogP contribution is 2.09. The van der Waals surface area contributed by atoms with E-state index in [4.69, 9.17) is 5.11 Å². The van der Waals surface area contributed by atoms with Gasteiger partial charge in [-0.05, 0) is 29.8 Å². The Morgan fingerprint density at radius 3 is 2.38 bits per heavy atom. The molecular weight excluding hydrogens is 262 g/mol. The van der Waals surface area contributed by atoms with Crippen molar-refractivity contribution in [2.24, 2.45) is 0 Å². The van der Waals surface area contributed by atoms with Crippen LogP contribution in [0.25, 0.3) is 0 Å². The molecule has 2 aromatic rings. The molecule has 2 aromatic carbocycles. The van der Waals surface area contributed by atoms with E-state index < -0.39 is 0 Å². The average Bonchev–Trinajstić information content (AvgIpc) is 2.54. The maximum atomic E-state index is 12.2. The highest BCUT2D eigenvalue weighted by molar-refractivity contribution is 5.93. The molecule has 3 nitrogen and oxygen atoms in total. The van der Waals surface area contributed by atoms with Crippen molar-refractivity contribution in [3.63, 3.8) is 0 Å². The summed E-state index contributed by atoms with van der Waals surface area (Å²) in [4.78, 5) is 13.9. The fourth-order valence-electron chi connectivity index (χ4n) is 1.98. The second-order valence-corrected chi connectivity index (χ2v) is 4.68. The minimum Gasteiger partial charge on any atom is -0.384 e. The van der Waals surface area contributed by atoms with Crippen LogP contribution in [0.3, 0.4) is 0 Å².